The summed E-state index contributed by atoms with van der Waals surface area (Å²) in [6.45, 7) is 3.06. The Balaban J connectivity index is 1.39. The Morgan fingerprint density at radius 2 is 2.17 bits per heavy atom. The molecule has 0 aliphatic carbocycles. The molecule has 6 heteroatoms. The van der Waals surface area contributed by atoms with Gasteiger partial charge in [0.2, 0.25) is 0 Å². The number of fused-ring (bicyclic) bond motifs is 1. The number of aliphatic hydroxyl groups is 1. The molecule has 0 bridgehead atoms. The molecule has 24 heavy (non-hydrogen) atoms. The number of β-amino-alcohol motifs (C(OH)–C–C–N with tert-alkyl or cyclic N) is 1. The Kier molecular flexibility index (Phi) is 4.32. The molecule has 4 rings (SSSR count). The normalized spacial score (nSPS) is 20.5. The van der Waals surface area contributed by atoms with E-state index in [9.17, 15) is 5.11 Å². The van der Waals surface area contributed by atoms with E-state index in [2.05, 4.69) is 15.0 Å². The van der Waals surface area contributed by atoms with Crippen molar-refractivity contribution in [3.8, 4) is 0 Å². The van der Waals surface area contributed by atoms with Crippen LogP contribution in [0.3, 0.4) is 0 Å². The van der Waals surface area contributed by atoms with Gasteiger partial charge in [0.25, 0.3) is 0 Å². The number of piperidine rings is 1. The van der Waals surface area contributed by atoms with Crippen molar-refractivity contribution in [1.82, 2.24) is 19.7 Å². The van der Waals surface area contributed by atoms with Crippen LogP contribution in [0.2, 0.25) is 0 Å². The van der Waals surface area contributed by atoms with Crippen molar-refractivity contribution < 1.29 is 9.52 Å². The molecule has 0 saturated carbocycles. The third kappa shape index (κ3) is 3.34. The lowest BCUT2D eigenvalue weighted by molar-refractivity contribution is 0.0783. The molecule has 1 fully saturated rings. The average molecular weight is 326 g/mol. The third-order valence-electron chi connectivity index (χ3n) is 4.59. The summed E-state index contributed by atoms with van der Waals surface area (Å²) in [5.41, 5.74) is 1.77. The minimum absolute atomic E-state index is 0.294. The van der Waals surface area contributed by atoms with Crippen molar-refractivity contribution in [1.29, 1.82) is 0 Å². The molecule has 3 heterocycles. The molecule has 1 aromatic carbocycles. The molecule has 1 N–H and O–H groups in total. The van der Waals surface area contributed by atoms with Crippen LogP contribution in [-0.4, -0.2) is 50.5 Å². The SMILES string of the molecule is OC(CN1CCCC(c2nc3ccccc3o2)C1)Cn1cccn1. The monoisotopic (exact) mass is 326 g/mol. The van der Waals surface area contributed by atoms with Crippen molar-refractivity contribution in [3.63, 3.8) is 0 Å². The Hall–Kier alpha value is -2.18. The highest BCUT2D eigenvalue weighted by Gasteiger charge is 2.26. The van der Waals surface area contributed by atoms with Crippen LogP contribution in [0.5, 0.6) is 0 Å². The van der Waals surface area contributed by atoms with Crippen LogP contribution >= 0.6 is 0 Å². The molecule has 3 aromatic rings. The number of hydrogen-bond donors (Lipinski definition) is 1. The van der Waals surface area contributed by atoms with Gasteiger partial charge in [-0.15, -0.1) is 0 Å². The summed E-state index contributed by atoms with van der Waals surface area (Å²) in [5.74, 6) is 1.12. The maximum absolute atomic E-state index is 10.3. The van der Waals surface area contributed by atoms with E-state index in [0.717, 1.165) is 42.9 Å². The number of oxazole rings is 1. The average Bonchev–Trinajstić information content (AvgIpc) is 3.24. The molecule has 2 atom stereocenters. The third-order valence-corrected chi connectivity index (χ3v) is 4.59. The molecule has 1 saturated heterocycles. The van der Waals surface area contributed by atoms with E-state index in [-0.39, 0.29) is 0 Å². The van der Waals surface area contributed by atoms with Crippen molar-refractivity contribution in [3.05, 3.63) is 48.6 Å². The summed E-state index contributed by atoms with van der Waals surface area (Å²) in [6, 6.07) is 9.76. The van der Waals surface area contributed by atoms with E-state index in [1.165, 1.54) is 0 Å². The van der Waals surface area contributed by atoms with Gasteiger partial charge >= 0.3 is 0 Å². The number of para-hydroxylation sites is 2. The number of likely N-dealkylation sites (tertiary alicyclic amines) is 1. The van der Waals surface area contributed by atoms with Crippen LogP contribution in [0.4, 0.5) is 0 Å². The summed E-state index contributed by atoms with van der Waals surface area (Å²) >= 11 is 0. The number of rotatable bonds is 5. The molecule has 2 unspecified atom stereocenters. The molecule has 6 nitrogen and oxygen atoms in total. The highest BCUT2D eigenvalue weighted by Crippen LogP contribution is 2.29. The Labute approximate surface area is 140 Å². The standard InChI is InChI=1S/C18H22N4O2/c23-15(13-22-10-4-8-19-22)12-21-9-3-5-14(11-21)18-20-16-6-1-2-7-17(16)24-18/h1-2,4,6-8,10,14-15,23H,3,5,9,11-13H2. The van der Waals surface area contributed by atoms with Gasteiger partial charge in [-0.2, -0.15) is 5.10 Å². The van der Waals surface area contributed by atoms with Gasteiger partial charge in [-0.1, -0.05) is 12.1 Å². The first-order valence-electron chi connectivity index (χ1n) is 8.51. The fourth-order valence-electron chi connectivity index (χ4n) is 3.47. The number of aliphatic hydroxyl groups excluding tert-OH is 1. The van der Waals surface area contributed by atoms with E-state index in [1.54, 1.807) is 10.9 Å². The Morgan fingerprint density at radius 3 is 3.00 bits per heavy atom. The summed E-state index contributed by atoms with van der Waals surface area (Å²) < 4.78 is 7.70. The van der Waals surface area contributed by atoms with Crippen molar-refractivity contribution >= 4 is 11.1 Å². The summed E-state index contributed by atoms with van der Waals surface area (Å²) in [5, 5.41) is 14.5. The van der Waals surface area contributed by atoms with E-state index in [0.29, 0.717) is 19.0 Å². The van der Waals surface area contributed by atoms with Gasteiger partial charge in [0, 0.05) is 31.4 Å². The predicted octanol–water partition coefficient (Wildman–Crippen LogP) is 2.26. The number of aromatic nitrogens is 3. The van der Waals surface area contributed by atoms with Gasteiger partial charge in [-0.3, -0.25) is 9.58 Å². The lowest BCUT2D eigenvalue weighted by atomic mass is 9.97. The second kappa shape index (κ2) is 6.75. The zero-order valence-electron chi connectivity index (χ0n) is 13.6. The molecule has 1 aliphatic rings. The maximum atomic E-state index is 10.3. The summed E-state index contributed by atoms with van der Waals surface area (Å²) in [7, 11) is 0. The quantitative estimate of drug-likeness (QED) is 0.779. The number of nitrogens with zero attached hydrogens (tertiary/aromatic N) is 4. The first-order valence-corrected chi connectivity index (χ1v) is 8.51. The van der Waals surface area contributed by atoms with Gasteiger partial charge in [0.15, 0.2) is 11.5 Å². The fourth-order valence-corrected chi connectivity index (χ4v) is 3.47. The van der Waals surface area contributed by atoms with Crippen LogP contribution in [0.1, 0.15) is 24.7 Å². The van der Waals surface area contributed by atoms with Crippen molar-refractivity contribution in [2.24, 2.45) is 0 Å². The first kappa shape index (κ1) is 15.4. The van der Waals surface area contributed by atoms with Crippen LogP contribution in [0, 0.1) is 0 Å². The van der Waals surface area contributed by atoms with Crippen LogP contribution in [0.15, 0.2) is 47.1 Å². The van der Waals surface area contributed by atoms with E-state index < -0.39 is 6.10 Å². The highest BCUT2D eigenvalue weighted by atomic mass is 16.3. The molecule has 0 amide bonds. The summed E-state index contributed by atoms with van der Waals surface area (Å²) in [4.78, 5) is 6.94. The van der Waals surface area contributed by atoms with Gasteiger partial charge in [-0.05, 0) is 37.6 Å². The van der Waals surface area contributed by atoms with Crippen molar-refractivity contribution in [2.75, 3.05) is 19.6 Å². The maximum Gasteiger partial charge on any atom is 0.199 e. The van der Waals surface area contributed by atoms with Gasteiger partial charge in [0.05, 0.1) is 12.6 Å². The molecular weight excluding hydrogens is 304 g/mol. The molecule has 2 aromatic heterocycles. The zero-order valence-corrected chi connectivity index (χ0v) is 13.6. The minimum atomic E-state index is -0.424. The molecular formula is C18H22N4O2. The lowest BCUT2D eigenvalue weighted by Gasteiger charge is -2.32. The van der Waals surface area contributed by atoms with Crippen LogP contribution < -0.4 is 0 Å². The van der Waals surface area contributed by atoms with E-state index in [4.69, 9.17) is 4.42 Å². The molecule has 0 spiro atoms. The zero-order chi connectivity index (χ0) is 16.4. The summed E-state index contributed by atoms with van der Waals surface area (Å²) in [6.07, 6.45) is 5.36. The van der Waals surface area contributed by atoms with Gasteiger partial charge < -0.3 is 9.52 Å². The molecule has 1 aliphatic heterocycles. The largest absolute Gasteiger partial charge is 0.440 e. The van der Waals surface area contributed by atoms with Gasteiger partial charge in [-0.25, -0.2) is 4.98 Å². The number of hydrogen-bond acceptors (Lipinski definition) is 5. The minimum Gasteiger partial charge on any atom is -0.440 e. The fraction of sp³-hybridized carbons (Fsp3) is 0.444. The Morgan fingerprint density at radius 1 is 1.25 bits per heavy atom. The van der Waals surface area contributed by atoms with Crippen LogP contribution in [0.25, 0.3) is 11.1 Å². The van der Waals surface area contributed by atoms with Crippen molar-refractivity contribution in [2.45, 2.75) is 31.4 Å². The molecule has 0 radical (unpaired) electrons. The topological polar surface area (TPSA) is 67.3 Å². The molecule has 126 valence electrons. The van der Waals surface area contributed by atoms with Crippen LogP contribution in [-0.2, 0) is 6.54 Å². The second-order valence-electron chi connectivity index (χ2n) is 6.50. The highest BCUT2D eigenvalue weighted by molar-refractivity contribution is 5.72. The van der Waals surface area contributed by atoms with E-state index >= 15 is 0 Å². The second-order valence-corrected chi connectivity index (χ2v) is 6.50. The first-order chi connectivity index (χ1) is 11.8. The Bertz CT molecular complexity index is 750. The predicted molar refractivity (Wildman–Crippen MR) is 90.7 cm³/mol. The van der Waals surface area contributed by atoms with Gasteiger partial charge in [0.1, 0.15) is 5.52 Å². The number of benzene rings is 1. The lowest BCUT2D eigenvalue weighted by Crippen LogP contribution is -2.40. The van der Waals surface area contributed by atoms with E-state index in [1.807, 2.05) is 36.5 Å². The smallest absolute Gasteiger partial charge is 0.199 e.